The molecule has 0 aromatic carbocycles. The first-order valence-corrected chi connectivity index (χ1v) is 21.2. The molecule has 50 heavy (non-hydrogen) atoms. The second-order valence-electron chi connectivity index (χ2n) is 14.0. The number of carbonyl (C=O) groups excluding carboxylic acids is 2. The van der Waals surface area contributed by atoms with Gasteiger partial charge in [-0.25, -0.2) is 0 Å². The van der Waals surface area contributed by atoms with Gasteiger partial charge in [-0.1, -0.05) is 191 Å². The molecule has 0 bridgehead atoms. The zero-order chi connectivity index (χ0) is 36.4. The zero-order valence-corrected chi connectivity index (χ0v) is 32.9. The van der Waals surface area contributed by atoms with Gasteiger partial charge in [0.2, 0.25) is 0 Å². The van der Waals surface area contributed by atoms with E-state index in [-0.39, 0.29) is 25.2 Å². The van der Waals surface area contributed by atoms with E-state index in [0.717, 1.165) is 64.2 Å². The van der Waals surface area contributed by atoms with Crippen molar-refractivity contribution in [2.24, 2.45) is 0 Å². The molecule has 0 aliphatic carbocycles. The summed E-state index contributed by atoms with van der Waals surface area (Å²) in [6.07, 6.45) is 51.9. The van der Waals surface area contributed by atoms with Crippen molar-refractivity contribution in [3.63, 3.8) is 0 Å². The van der Waals surface area contributed by atoms with Crippen molar-refractivity contribution < 1.29 is 24.2 Å². The summed E-state index contributed by atoms with van der Waals surface area (Å²) in [7, 11) is 0. The van der Waals surface area contributed by atoms with Crippen LogP contribution in [-0.4, -0.2) is 36.4 Å². The summed E-state index contributed by atoms with van der Waals surface area (Å²) in [5, 5.41) is 9.56. The van der Waals surface area contributed by atoms with E-state index in [2.05, 4.69) is 62.5 Å². The third-order valence-corrected chi connectivity index (χ3v) is 9.14. The Bertz CT molecular complexity index is 842. The van der Waals surface area contributed by atoms with E-state index in [1.807, 2.05) is 0 Å². The van der Waals surface area contributed by atoms with Crippen molar-refractivity contribution in [3.8, 4) is 0 Å². The maximum absolute atomic E-state index is 12.2. The van der Waals surface area contributed by atoms with Gasteiger partial charge in [0.25, 0.3) is 0 Å². The molecule has 0 rings (SSSR count). The third kappa shape index (κ3) is 38.7. The number of esters is 2. The third-order valence-electron chi connectivity index (χ3n) is 9.14. The van der Waals surface area contributed by atoms with E-state index in [9.17, 15) is 14.7 Å². The van der Waals surface area contributed by atoms with Crippen LogP contribution in [-0.2, 0) is 19.1 Å². The van der Waals surface area contributed by atoms with Crippen molar-refractivity contribution in [2.75, 3.05) is 13.2 Å². The van der Waals surface area contributed by atoms with E-state index in [4.69, 9.17) is 9.47 Å². The highest BCUT2D eigenvalue weighted by atomic mass is 16.6. The van der Waals surface area contributed by atoms with Crippen LogP contribution in [0, 0.1) is 0 Å². The van der Waals surface area contributed by atoms with Gasteiger partial charge in [-0.05, 0) is 51.4 Å². The second-order valence-corrected chi connectivity index (χ2v) is 14.0. The van der Waals surface area contributed by atoms with Crippen LogP contribution >= 0.6 is 0 Å². The SMILES string of the molecule is CCC=CCC=CCC=CCC=CCCCCC(=O)O[C@@H](CO)COC(=O)CCCCCCCCCCCCCCCCCCCCCCC. The maximum atomic E-state index is 12.2. The van der Waals surface area contributed by atoms with Crippen LogP contribution < -0.4 is 0 Å². The number of allylic oxidation sites excluding steroid dienone is 8. The molecule has 0 amide bonds. The number of aliphatic hydroxyl groups is 1. The minimum atomic E-state index is -0.791. The molecule has 1 atom stereocenters. The minimum Gasteiger partial charge on any atom is -0.462 e. The normalized spacial score (nSPS) is 12.6. The molecule has 0 saturated heterocycles. The highest BCUT2D eigenvalue weighted by molar-refractivity contribution is 5.70. The van der Waals surface area contributed by atoms with Crippen molar-refractivity contribution in [3.05, 3.63) is 48.6 Å². The quantitative estimate of drug-likeness (QED) is 0.0394. The molecule has 1 N–H and O–H groups in total. The Hall–Kier alpha value is -2.14. The topological polar surface area (TPSA) is 72.8 Å². The molecule has 0 unspecified atom stereocenters. The average Bonchev–Trinajstić information content (AvgIpc) is 3.12. The van der Waals surface area contributed by atoms with Crippen LogP contribution in [0.2, 0.25) is 0 Å². The number of carbonyl (C=O) groups is 2. The van der Waals surface area contributed by atoms with Crippen LogP contribution in [0.15, 0.2) is 48.6 Å². The van der Waals surface area contributed by atoms with Gasteiger partial charge in [-0.3, -0.25) is 9.59 Å². The molecule has 290 valence electrons. The fraction of sp³-hybridized carbons (Fsp3) is 0.778. The van der Waals surface area contributed by atoms with E-state index in [0.29, 0.717) is 12.8 Å². The Balaban J connectivity index is 3.55. The van der Waals surface area contributed by atoms with Crippen LogP contribution in [0.25, 0.3) is 0 Å². The predicted molar refractivity (Wildman–Crippen MR) is 214 cm³/mol. The van der Waals surface area contributed by atoms with Crippen molar-refractivity contribution >= 4 is 11.9 Å². The summed E-state index contributed by atoms with van der Waals surface area (Å²) in [5.41, 5.74) is 0. The summed E-state index contributed by atoms with van der Waals surface area (Å²) in [6, 6.07) is 0. The zero-order valence-electron chi connectivity index (χ0n) is 32.9. The first-order valence-electron chi connectivity index (χ1n) is 21.2. The Morgan fingerprint density at radius 3 is 1.30 bits per heavy atom. The molecular weight excluding hydrogens is 620 g/mol. The molecule has 0 aromatic rings. The molecule has 0 saturated carbocycles. The smallest absolute Gasteiger partial charge is 0.306 e. The highest BCUT2D eigenvalue weighted by Crippen LogP contribution is 2.15. The second kappa shape index (κ2) is 41.3. The lowest BCUT2D eigenvalue weighted by atomic mass is 10.0. The molecule has 0 heterocycles. The minimum absolute atomic E-state index is 0.0811. The molecule has 0 spiro atoms. The lowest BCUT2D eigenvalue weighted by molar-refractivity contribution is -0.161. The van der Waals surface area contributed by atoms with Crippen molar-refractivity contribution in [1.82, 2.24) is 0 Å². The van der Waals surface area contributed by atoms with Crippen molar-refractivity contribution in [2.45, 2.75) is 213 Å². The Labute approximate surface area is 309 Å². The molecule has 0 fully saturated rings. The standard InChI is InChI=1S/C45H80O5/c1-3-5-7-9-11-13-15-17-19-20-21-22-23-24-26-27-29-31-33-35-37-39-44(47)49-42-43(41-46)50-45(48)40-38-36-34-32-30-28-25-18-16-14-12-10-8-6-4-2/h6,8,12,14,18,25,30,32,43,46H,3-5,7,9-11,13,15-17,19-24,26-29,31,33-42H2,1-2H3/t43-/m0/s1. The largest absolute Gasteiger partial charge is 0.462 e. The first kappa shape index (κ1) is 47.9. The predicted octanol–water partition coefficient (Wildman–Crippen LogP) is 13.4. The Morgan fingerprint density at radius 1 is 0.480 bits per heavy atom. The van der Waals surface area contributed by atoms with Crippen molar-refractivity contribution in [1.29, 1.82) is 0 Å². The summed E-state index contributed by atoms with van der Waals surface area (Å²) in [4.78, 5) is 24.3. The molecule has 5 nitrogen and oxygen atoms in total. The van der Waals surface area contributed by atoms with Gasteiger partial charge >= 0.3 is 11.9 Å². The highest BCUT2D eigenvalue weighted by Gasteiger charge is 2.16. The molecule has 0 radical (unpaired) electrons. The van der Waals surface area contributed by atoms with Crippen LogP contribution in [0.4, 0.5) is 0 Å². The van der Waals surface area contributed by atoms with Gasteiger partial charge in [0.15, 0.2) is 6.10 Å². The van der Waals surface area contributed by atoms with E-state index in [1.165, 1.54) is 116 Å². The number of hydrogen-bond acceptors (Lipinski definition) is 5. The molecular formula is C45H80O5. The first-order chi connectivity index (χ1) is 24.6. The van der Waals surface area contributed by atoms with Crippen LogP contribution in [0.1, 0.15) is 206 Å². The fourth-order valence-electron chi connectivity index (χ4n) is 5.96. The lowest BCUT2D eigenvalue weighted by Gasteiger charge is -2.15. The number of unbranched alkanes of at least 4 members (excludes halogenated alkanes) is 22. The lowest BCUT2D eigenvalue weighted by Crippen LogP contribution is -2.28. The van der Waals surface area contributed by atoms with Gasteiger partial charge in [0.05, 0.1) is 6.61 Å². The summed E-state index contributed by atoms with van der Waals surface area (Å²) in [6.45, 7) is 4.00. The van der Waals surface area contributed by atoms with E-state index < -0.39 is 6.10 Å². The van der Waals surface area contributed by atoms with Gasteiger partial charge in [-0.2, -0.15) is 0 Å². The molecule has 5 heteroatoms. The van der Waals surface area contributed by atoms with Gasteiger partial charge in [-0.15, -0.1) is 0 Å². The number of aliphatic hydroxyl groups excluding tert-OH is 1. The number of ether oxygens (including phenoxy) is 2. The summed E-state index contributed by atoms with van der Waals surface area (Å²) in [5.74, 6) is -0.634. The van der Waals surface area contributed by atoms with Crippen LogP contribution in [0.3, 0.4) is 0 Å². The van der Waals surface area contributed by atoms with Gasteiger partial charge in [0, 0.05) is 12.8 Å². The summed E-state index contributed by atoms with van der Waals surface area (Å²) < 4.78 is 10.6. The Kier molecular flexibility index (Phi) is 39.5. The monoisotopic (exact) mass is 701 g/mol. The summed E-state index contributed by atoms with van der Waals surface area (Å²) >= 11 is 0. The van der Waals surface area contributed by atoms with Crippen LogP contribution in [0.5, 0.6) is 0 Å². The average molecular weight is 701 g/mol. The fourth-order valence-corrected chi connectivity index (χ4v) is 5.96. The van der Waals surface area contributed by atoms with E-state index in [1.54, 1.807) is 0 Å². The number of rotatable bonds is 38. The van der Waals surface area contributed by atoms with Gasteiger partial charge < -0.3 is 14.6 Å². The number of hydrogen-bond donors (Lipinski definition) is 1. The maximum Gasteiger partial charge on any atom is 0.306 e. The van der Waals surface area contributed by atoms with E-state index >= 15 is 0 Å². The molecule has 0 aliphatic heterocycles. The molecule has 0 aliphatic rings. The molecule has 0 aromatic heterocycles. The Morgan fingerprint density at radius 2 is 0.860 bits per heavy atom. The van der Waals surface area contributed by atoms with Gasteiger partial charge in [0.1, 0.15) is 6.61 Å².